The van der Waals surface area contributed by atoms with E-state index in [2.05, 4.69) is 31.8 Å². The number of carbonyl (C=O) groups is 1. The Kier molecular flexibility index (Phi) is 3.80. The molecule has 1 aliphatic heterocycles. The summed E-state index contributed by atoms with van der Waals surface area (Å²) in [7, 11) is 0. The second-order valence-corrected chi connectivity index (χ2v) is 6.37. The number of hydrogen-bond acceptors (Lipinski definition) is 4. The normalized spacial score (nSPS) is 23.4. The lowest BCUT2D eigenvalue weighted by Crippen LogP contribution is -2.45. The van der Waals surface area contributed by atoms with Gasteiger partial charge < -0.3 is 10.1 Å². The molecular formula is C12H17NO2S2. The van der Waals surface area contributed by atoms with Crippen molar-refractivity contribution < 1.29 is 9.53 Å². The lowest BCUT2D eigenvalue weighted by atomic mass is 9.94. The van der Waals surface area contributed by atoms with Gasteiger partial charge in [-0.05, 0) is 32.8 Å². The Hall–Kier alpha value is -0.520. The maximum absolute atomic E-state index is 12.0. The average molecular weight is 271 g/mol. The van der Waals surface area contributed by atoms with Crippen molar-refractivity contribution in [3.63, 3.8) is 0 Å². The molecule has 94 valence electrons. The largest absolute Gasteiger partial charge is 0.375 e. The molecular weight excluding hydrogens is 254 g/mol. The standard InChI is InChI=1S/C12H17NO2S2/c1-12(2)6-8(3-4-15-12)13-11(14)10-5-9(16)7-17-10/h5,7-8,16H,3-4,6H2,1-2H3,(H,13,14). The molecule has 1 unspecified atom stereocenters. The van der Waals surface area contributed by atoms with Gasteiger partial charge >= 0.3 is 0 Å². The first-order valence-corrected chi connectivity index (χ1v) is 7.01. The third-order valence-electron chi connectivity index (χ3n) is 2.84. The number of ether oxygens (including phenoxy) is 1. The van der Waals surface area contributed by atoms with E-state index >= 15 is 0 Å². The zero-order valence-corrected chi connectivity index (χ0v) is 11.7. The molecule has 1 N–H and O–H groups in total. The summed E-state index contributed by atoms with van der Waals surface area (Å²) >= 11 is 5.63. The Morgan fingerprint density at radius 3 is 3.00 bits per heavy atom. The van der Waals surface area contributed by atoms with Crippen LogP contribution in [-0.4, -0.2) is 24.2 Å². The van der Waals surface area contributed by atoms with Gasteiger partial charge in [0.05, 0.1) is 10.5 Å². The molecule has 3 nitrogen and oxygen atoms in total. The van der Waals surface area contributed by atoms with Crippen LogP contribution >= 0.6 is 24.0 Å². The Bertz CT molecular complexity index is 414. The van der Waals surface area contributed by atoms with Crippen LogP contribution in [0.5, 0.6) is 0 Å². The molecule has 5 heteroatoms. The third-order valence-corrected chi connectivity index (χ3v) is 4.20. The summed E-state index contributed by atoms with van der Waals surface area (Å²) in [6.07, 6.45) is 1.74. The van der Waals surface area contributed by atoms with Crippen molar-refractivity contribution in [1.82, 2.24) is 5.32 Å². The predicted octanol–water partition coefficient (Wildman–Crippen LogP) is 2.72. The molecule has 1 aromatic rings. The molecule has 1 atom stereocenters. The predicted molar refractivity (Wildman–Crippen MR) is 72.1 cm³/mol. The molecule has 0 radical (unpaired) electrons. The minimum absolute atomic E-state index is 0.00185. The van der Waals surface area contributed by atoms with Crippen LogP contribution in [0.4, 0.5) is 0 Å². The van der Waals surface area contributed by atoms with Gasteiger partial charge in [0.25, 0.3) is 5.91 Å². The monoisotopic (exact) mass is 271 g/mol. The second-order valence-electron chi connectivity index (χ2n) is 4.94. The number of rotatable bonds is 2. The summed E-state index contributed by atoms with van der Waals surface area (Å²) in [5.74, 6) is -0.00185. The van der Waals surface area contributed by atoms with Crippen LogP contribution in [0.2, 0.25) is 0 Å². The molecule has 2 heterocycles. The molecule has 1 aliphatic rings. The van der Waals surface area contributed by atoms with E-state index in [4.69, 9.17) is 4.74 Å². The van der Waals surface area contributed by atoms with E-state index in [1.54, 1.807) is 6.07 Å². The maximum atomic E-state index is 12.0. The summed E-state index contributed by atoms with van der Waals surface area (Å²) in [5, 5.41) is 4.93. The zero-order valence-electron chi connectivity index (χ0n) is 10.0. The van der Waals surface area contributed by atoms with Crippen molar-refractivity contribution in [2.45, 2.75) is 43.2 Å². The SMILES string of the molecule is CC1(C)CC(NC(=O)c2cc(S)cs2)CCO1. The first-order chi connectivity index (χ1) is 7.96. The highest BCUT2D eigenvalue weighted by atomic mass is 32.1. The highest BCUT2D eigenvalue weighted by Gasteiger charge is 2.29. The van der Waals surface area contributed by atoms with E-state index in [0.29, 0.717) is 6.61 Å². The van der Waals surface area contributed by atoms with Crippen LogP contribution in [0.25, 0.3) is 0 Å². The van der Waals surface area contributed by atoms with Crippen molar-refractivity contribution in [2.24, 2.45) is 0 Å². The molecule has 1 amide bonds. The van der Waals surface area contributed by atoms with Crippen LogP contribution in [-0.2, 0) is 4.74 Å². The van der Waals surface area contributed by atoms with Crippen LogP contribution < -0.4 is 5.32 Å². The van der Waals surface area contributed by atoms with E-state index in [1.807, 2.05) is 5.38 Å². The van der Waals surface area contributed by atoms with Crippen molar-refractivity contribution in [3.8, 4) is 0 Å². The smallest absolute Gasteiger partial charge is 0.261 e. The van der Waals surface area contributed by atoms with Crippen LogP contribution in [0, 0.1) is 0 Å². The topological polar surface area (TPSA) is 38.3 Å². The Morgan fingerprint density at radius 2 is 2.41 bits per heavy atom. The van der Waals surface area contributed by atoms with Gasteiger partial charge in [-0.2, -0.15) is 0 Å². The van der Waals surface area contributed by atoms with E-state index in [9.17, 15) is 4.79 Å². The summed E-state index contributed by atoms with van der Waals surface area (Å²) < 4.78 is 5.63. The Labute approximate surface area is 111 Å². The molecule has 1 saturated heterocycles. The number of thiol groups is 1. The molecule has 1 aromatic heterocycles. The molecule has 0 aliphatic carbocycles. The van der Waals surface area contributed by atoms with Gasteiger partial charge in [0.2, 0.25) is 0 Å². The third kappa shape index (κ3) is 3.47. The summed E-state index contributed by atoms with van der Waals surface area (Å²) in [6.45, 7) is 4.82. The van der Waals surface area contributed by atoms with Crippen molar-refractivity contribution >= 4 is 29.9 Å². The fourth-order valence-electron chi connectivity index (χ4n) is 2.06. The van der Waals surface area contributed by atoms with Gasteiger partial charge in [-0.1, -0.05) is 0 Å². The first-order valence-electron chi connectivity index (χ1n) is 5.69. The van der Waals surface area contributed by atoms with Gasteiger partial charge in [-0.25, -0.2) is 0 Å². The summed E-state index contributed by atoms with van der Waals surface area (Å²) in [4.78, 5) is 13.5. The van der Waals surface area contributed by atoms with Gasteiger partial charge in [-0.3, -0.25) is 4.79 Å². The lowest BCUT2D eigenvalue weighted by molar-refractivity contribution is -0.0615. The van der Waals surface area contributed by atoms with Gasteiger partial charge in [0, 0.05) is 22.9 Å². The van der Waals surface area contributed by atoms with E-state index in [1.165, 1.54) is 11.3 Å². The molecule has 0 spiro atoms. The molecule has 0 saturated carbocycles. The fraction of sp³-hybridized carbons (Fsp3) is 0.583. The van der Waals surface area contributed by atoms with Gasteiger partial charge in [0.15, 0.2) is 0 Å². The first kappa shape index (κ1) is 12.9. The van der Waals surface area contributed by atoms with Crippen LogP contribution in [0.3, 0.4) is 0 Å². The Morgan fingerprint density at radius 1 is 1.65 bits per heavy atom. The minimum atomic E-state index is -0.139. The van der Waals surface area contributed by atoms with Crippen molar-refractivity contribution in [1.29, 1.82) is 0 Å². The van der Waals surface area contributed by atoms with E-state index < -0.39 is 0 Å². The zero-order chi connectivity index (χ0) is 12.5. The molecule has 0 aromatic carbocycles. The molecule has 2 rings (SSSR count). The average Bonchev–Trinajstić information content (AvgIpc) is 2.63. The van der Waals surface area contributed by atoms with Crippen LogP contribution in [0.15, 0.2) is 16.3 Å². The Balaban J connectivity index is 1.95. The van der Waals surface area contributed by atoms with Gasteiger partial charge in [-0.15, -0.1) is 24.0 Å². The number of amides is 1. The highest BCUT2D eigenvalue weighted by molar-refractivity contribution is 7.80. The van der Waals surface area contributed by atoms with Crippen LogP contribution in [0.1, 0.15) is 36.4 Å². The van der Waals surface area contributed by atoms with E-state index in [-0.39, 0.29) is 17.6 Å². The number of nitrogens with one attached hydrogen (secondary N) is 1. The summed E-state index contributed by atoms with van der Waals surface area (Å²) in [5.41, 5.74) is -0.139. The summed E-state index contributed by atoms with van der Waals surface area (Å²) in [6, 6.07) is 2.00. The highest BCUT2D eigenvalue weighted by Crippen LogP contribution is 2.24. The lowest BCUT2D eigenvalue weighted by Gasteiger charge is -2.35. The molecule has 0 bridgehead atoms. The molecule has 17 heavy (non-hydrogen) atoms. The molecule has 1 fully saturated rings. The second kappa shape index (κ2) is 5.00. The minimum Gasteiger partial charge on any atom is -0.375 e. The maximum Gasteiger partial charge on any atom is 0.261 e. The number of thiophene rings is 1. The number of carbonyl (C=O) groups excluding carboxylic acids is 1. The van der Waals surface area contributed by atoms with Crippen molar-refractivity contribution in [2.75, 3.05) is 6.61 Å². The quantitative estimate of drug-likeness (QED) is 0.812. The number of hydrogen-bond donors (Lipinski definition) is 2. The fourth-order valence-corrected chi connectivity index (χ4v) is 3.11. The van der Waals surface area contributed by atoms with Gasteiger partial charge in [0.1, 0.15) is 0 Å². The van der Waals surface area contributed by atoms with Crippen molar-refractivity contribution in [3.05, 3.63) is 16.3 Å². The van der Waals surface area contributed by atoms with E-state index in [0.717, 1.165) is 22.6 Å².